The van der Waals surface area contributed by atoms with Gasteiger partial charge in [0.05, 0.1) is 4.90 Å². The van der Waals surface area contributed by atoms with Crippen molar-refractivity contribution in [3.8, 4) is 5.75 Å². The summed E-state index contributed by atoms with van der Waals surface area (Å²) in [7, 11) is -3.74. The van der Waals surface area contributed by atoms with Gasteiger partial charge in [0.15, 0.2) is 11.2 Å². The highest BCUT2D eigenvalue weighted by molar-refractivity contribution is 7.93. The number of amides is 1. The maximum absolute atomic E-state index is 12.5. The van der Waals surface area contributed by atoms with Crippen LogP contribution in [0.4, 0.5) is 10.8 Å². The lowest BCUT2D eigenvalue weighted by Gasteiger charge is -2.18. The van der Waals surface area contributed by atoms with Crippen molar-refractivity contribution in [1.82, 2.24) is 4.98 Å². The number of ether oxygens (including phenoxy) is 1. The van der Waals surface area contributed by atoms with E-state index in [4.69, 9.17) is 4.74 Å². The molecule has 3 rings (SSSR count). The largest absolute Gasteiger partial charge is 0.481 e. The SMILES string of the molecule is Cc1cc(C)c(C)c(O[C@H](C)C(=O)Nc2ccc(S(=O)(=O)Nc3nccs3)cc2)c1. The summed E-state index contributed by atoms with van der Waals surface area (Å²) in [6.07, 6.45) is 0.795. The van der Waals surface area contributed by atoms with Gasteiger partial charge < -0.3 is 10.1 Å². The molecule has 1 atom stereocenters. The van der Waals surface area contributed by atoms with Gasteiger partial charge in [0, 0.05) is 17.3 Å². The Morgan fingerprint density at radius 3 is 2.47 bits per heavy atom. The fourth-order valence-electron chi connectivity index (χ4n) is 2.78. The second-order valence-electron chi connectivity index (χ2n) is 6.92. The molecule has 158 valence electrons. The number of aryl methyl sites for hydroxylation is 2. The molecule has 0 bridgehead atoms. The van der Waals surface area contributed by atoms with Gasteiger partial charge in [-0.2, -0.15) is 0 Å². The van der Waals surface area contributed by atoms with Crippen LogP contribution in [0, 0.1) is 20.8 Å². The van der Waals surface area contributed by atoms with Gasteiger partial charge in [-0.05, 0) is 74.7 Å². The summed E-state index contributed by atoms with van der Waals surface area (Å²) in [5, 5.41) is 4.72. The molecular weight excluding hydrogens is 422 g/mol. The Kier molecular flexibility index (Phi) is 6.42. The van der Waals surface area contributed by atoms with Crippen LogP contribution in [-0.4, -0.2) is 25.4 Å². The monoisotopic (exact) mass is 445 g/mol. The lowest BCUT2D eigenvalue weighted by Crippen LogP contribution is -2.30. The first-order valence-corrected chi connectivity index (χ1v) is 11.6. The number of nitrogens with zero attached hydrogens (tertiary/aromatic N) is 1. The van der Waals surface area contributed by atoms with Gasteiger partial charge in [0.2, 0.25) is 0 Å². The number of rotatable bonds is 7. The zero-order chi connectivity index (χ0) is 21.9. The molecule has 7 nitrogen and oxygen atoms in total. The predicted octanol–water partition coefficient (Wildman–Crippen LogP) is 4.28. The van der Waals surface area contributed by atoms with E-state index in [0.717, 1.165) is 16.7 Å². The number of carbonyl (C=O) groups excluding carboxylic acids is 1. The highest BCUT2D eigenvalue weighted by atomic mass is 32.2. The minimum absolute atomic E-state index is 0.0749. The number of thiazole rings is 1. The molecule has 0 saturated carbocycles. The Balaban J connectivity index is 1.65. The summed E-state index contributed by atoms with van der Waals surface area (Å²) in [6, 6.07) is 9.87. The number of anilines is 2. The molecule has 0 aliphatic rings. The Labute approximate surface area is 180 Å². The second-order valence-corrected chi connectivity index (χ2v) is 9.50. The number of nitrogens with one attached hydrogen (secondary N) is 2. The van der Waals surface area contributed by atoms with Crippen LogP contribution in [0.25, 0.3) is 0 Å². The number of hydrogen-bond acceptors (Lipinski definition) is 6. The van der Waals surface area contributed by atoms with E-state index in [1.54, 1.807) is 12.3 Å². The van der Waals surface area contributed by atoms with Crippen LogP contribution in [0.3, 0.4) is 0 Å². The molecule has 1 amide bonds. The Morgan fingerprint density at radius 2 is 1.83 bits per heavy atom. The first-order valence-electron chi connectivity index (χ1n) is 9.23. The van der Waals surface area contributed by atoms with Crippen molar-refractivity contribution < 1.29 is 17.9 Å². The maximum atomic E-state index is 12.5. The summed E-state index contributed by atoms with van der Waals surface area (Å²) in [5.74, 6) is 0.343. The van der Waals surface area contributed by atoms with Crippen LogP contribution in [0.5, 0.6) is 5.75 Å². The lowest BCUT2D eigenvalue weighted by molar-refractivity contribution is -0.122. The molecule has 0 saturated heterocycles. The summed E-state index contributed by atoms with van der Waals surface area (Å²) in [4.78, 5) is 16.5. The number of sulfonamides is 1. The van der Waals surface area contributed by atoms with Gasteiger partial charge in [-0.25, -0.2) is 13.4 Å². The third kappa shape index (κ3) is 5.17. The fraction of sp³-hybridized carbons (Fsp3) is 0.238. The van der Waals surface area contributed by atoms with Crippen molar-refractivity contribution >= 4 is 38.1 Å². The molecule has 0 aliphatic carbocycles. The van der Waals surface area contributed by atoms with E-state index in [0.29, 0.717) is 16.6 Å². The smallest absolute Gasteiger partial charge is 0.265 e. The average molecular weight is 446 g/mol. The molecule has 0 spiro atoms. The van der Waals surface area contributed by atoms with Crippen molar-refractivity contribution in [3.05, 3.63) is 64.7 Å². The Hall–Kier alpha value is -2.91. The topological polar surface area (TPSA) is 97.4 Å². The van der Waals surface area contributed by atoms with Crippen LogP contribution in [0.1, 0.15) is 23.6 Å². The van der Waals surface area contributed by atoms with Crippen LogP contribution in [0.2, 0.25) is 0 Å². The van der Waals surface area contributed by atoms with E-state index >= 15 is 0 Å². The summed E-state index contributed by atoms with van der Waals surface area (Å²) < 4.78 is 33.0. The molecule has 3 aromatic rings. The zero-order valence-electron chi connectivity index (χ0n) is 17.1. The van der Waals surface area contributed by atoms with E-state index < -0.39 is 16.1 Å². The molecule has 0 fully saturated rings. The number of carbonyl (C=O) groups is 1. The minimum atomic E-state index is -3.74. The summed E-state index contributed by atoms with van der Waals surface area (Å²) >= 11 is 1.19. The first-order chi connectivity index (χ1) is 14.2. The van der Waals surface area contributed by atoms with Crippen molar-refractivity contribution in [2.45, 2.75) is 38.7 Å². The second kappa shape index (κ2) is 8.85. The van der Waals surface area contributed by atoms with E-state index in [1.165, 1.54) is 41.8 Å². The molecular formula is C21H23N3O4S2. The molecule has 0 radical (unpaired) electrons. The van der Waals surface area contributed by atoms with E-state index in [2.05, 4.69) is 21.1 Å². The molecule has 9 heteroatoms. The Morgan fingerprint density at radius 1 is 1.13 bits per heavy atom. The van der Waals surface area contributed by atoms with Gasteiger partial charge in [-0.15, -0.1) is 11.3 Å². The van der Waals surface area contributed by atoms with Crippen LogP contribution < -0.4 is 14.8 Å². The van der Waals surface area contributed by atoms with E-state index in [9.17, 15) is 13.2 Å². The third-order valence-electron chi connectivity index (χ3n) is 4.52. The first kappa shape index (κ1) is 21.8. The highest BCUT2D eigenvalue weighted by Gasteiger charge is 2.18. The van der Waals surface area contributed by atoms with E-state index in [1.807, 2.05) is 26.8 Å². The van der Waals surface area contributed by atoms with Crippen molar-refractivity contribution in [2.75, 3.05) is 10.0 Å². The van der Waals surface area contributed by atoms with E-state index in [-0.39, 0.29) is 10.8 Å². The summed E-state index contributed by atoms with van der Waals surface area (Å²) in [5.41, 5.74) is 3.62. The van der Waals surface area contributed by atoms with Crippen molar-refractivity contribution in [2.24, 2.45) is 0 Å². The third-order valence-corrected chi connectivity index (χ3v) is 6.70. The number of hydrogen-bond donors (Lipinski definition) is 2. The molecule has 1 aromatic heterocycles. The molecule has 0 unspecified atom stereocenters. The van der Waals surface area contributed by atoms with Gasteiger partial charge >= 0.3 is 0 Å². The molecule has 2 aromatic carbocycles. The van der Waals surface area contributed by atoms with Gasteiger partial charge in [-0.1, -0.05) is 6.07 Å². The van der Waals surface area contributed by atoms with Gasteiger partial charge in [0.25, 0.3) is 15.9 Å². The zero-order valence-corrected chi connectivity index (χ0v) is 18.7. The molecule has 2 N–H and O–H groups in total. The highest BCUT2D eigenvalue weighted by Crippen LogP contribution is 2.25. The molecule has 30 heavy (non-hydrogen) atoms. The van der Waals surface area contributed by atoms with Gasteiger partial charge in [0.1, 0.15) is 5.75 Å². The van der Waals surface area contributed by atoms with Crippen molar-refractivity contribution in [3.63, 3.8) is 0 Å². The summed E-state index contributed by atoms with van der Waals surface area (Å²) in [6.45, 7) is 7.60. The van der Waals surface area contributed by atoms with Gasteiger partial charge in [-0.3, -0.25) is 9.52 Å². The molecule has 1 heterocycles. The Bertz CT molecular complexity index is 1140. The molecule has 0 aliphatic heterocycles. The normalized spacial score (nSPS) is 12.3. The number of aromatic nitrogens is 1. The quantitative estimate of drug-likeness (QED) is 0.566. The fourth-order valence-corrected chi connectivity index (χ4v) is 4.56. The minimum Gasteiger partial charge on any atom is -0.481 e. The average Bonchev–Trinajstić information content (AvgIpc) is 3.18. The predicted molar refractivity (Wildman–Crippen MR) is 119 cm³/mol. The number of benzene rings is 2. The van der Waals surface area contributed by atoms with Crippen molar-refractivity contribution in [1.29, 1.82) is 0 Å². The van der Waals surface area contributed by atoms with Crippen LogP contribution in [0.15, 0.2) is 52.9 Å². The lowest BCUT2D eigenvalue weighted by atomic mass is 10.1. The standard InChI is InChI=1S/C21H23N3O4S2/c1-13-11-14(2)15(3)19(12-13)28-16(4)20(25)23-17-5-7-18(8-6-17)30(26,27)24-21-22-9-10-29-21/h5-12,16H,1-4H3,(H,22,24)(H,23,25)/t16-/m1/s1. The van der Waals surface area contributed by atoms with Crippen LogP contribution in [-0.2, 0) is 14.8 Å². The van der Waals surface area contributed by atoms with Crippen LogP contribution >= 0.6 is 11.3 Å². The maximum Gasteiger partial charge on any atom is 0.265 e.